The Morgan fingerprint density at radius 2 is 1.71 bits per heavy atom. The summed E-state index contributed by atoms with van der Waals surface area (Å²) in [5, 5.41) is 3.58. The molecule has 5 nitrogen and oxygen atoms in total. The highest BCUT2D eigenvalue weighted by atomic mass is 16.2. The molecule has 2 amide bonds. The van der Waals surface area contributed by atoms with Crippen LogP contribution in [0.1, 0.15) is 25.3 Å². The van der Waals surface area contributed by atoms with Gasteiger partial charge in [-0.1, -0.05) is 12.1 Å². The van der Waals surface area contributed by atoms with E-state index in [9.17, 15) is 9.59 Å². The monoisotopic (exact) mass is 231 g/mol. The zero-order chi connectivity index (χ0) is 12.4. The lowest BCUT2D eigenvalue weighted by Gasteiger charge is -2.13. The first-order valence-electron chi connectivity index (χ1n) is 5.34. The van der Waals surface area contributed by atoms with Gasteiger partial charge in [0.05, 0.1) is 11.4 Å². The van der Waals surface area contributed by atoms with Gasteiger partial charge in [-0.05, 0) is 24.6 Å². The van der Waals surface area contributed by atoms with E-state index in [0.29, 0.717) is 24.2 Å². The molecule has 1 aromatic rings. The van der Waals surface area contributed by atoms with Gasteiger partial charge in [-0.25, -0.2) is 0 Å². The highest BCUT2D eigenvalue weighted by molar-refractivity contribution is 6.19. The lowest BCUT2D eigenvalue weighted by Crippen LogP contribution is -2.28. The molecule has 2 rings (SSSR count). The molecule has 1 fully saturated rings. The van der Waals surface area contributed by atoms with Gasteiger partial charge in [-0.15, -0.1) is 0 Å². The average Bonchev–Trinajstić information content (AvgIpc) is 2.68. The van der Waals surface area contributed by atoms with Gasteiger partial charge in [0.15, 0.2) is 0 Å². The highest BCUT2D eigenvalue weighted by Gasteiger charge is 2.29. The number of imide groups is 1. The van der Waals surface area contributed by atoms with Crippen molar-refractivity contribution in [2.75, 3.05) is 4.90 Å². The lowest BCUT2D eigenvalue weighted by molar-refractivity contribution is -0.121. The number of rotatable bonds is 2. The Balaban J connectivity index is 2.29. The largest absolute Gasteiger partial charge is 0.323 e. The fourth-order valence-electron chi connectivity index (χ4n) is 1.79. The van der Waals surface area contributed by atoms with Crippen molar-refractivity contribution < 1.29 is 9.59 Å². The van der Waals surface area contributed by atoms with Gasteiger partial charge < -0.3 is 5.84 Å². The number of nitrogens with two attached hydrogens (primary N) is 1. The summed E-state index contributed by atoms with van der Waals surface area (Å²) in [6.07, 6.45) is 0.591. The predicted octanol–water partition coefficient (Wildman–Crippen LogP) is 1.02. The van der Waals surface area contributed by atoms with Crippen LogP contribution in [0, 0.1) is 0 Å². The number of amides is 2. The molecule has 0 radical (unpaired) electrons. The van der Waals surface area contributed by atoms with Crippen molar-refractivity contribution in [2.24, 2.45) is 10.9 Å². The highest BCUT2D eigenvalue weighted by Crippen LogP contribution is 2.22. The average molecular weight is 231 g/mol. The Morgan fingerprint density at radius 3 is 2.18 bits per heavy atom. The Bertz CT molecular complexity index is 475. The summed E-state index contributed by atoms with van der Waals surface area (Å²) in [4.78, 5) is 24.3. The maximum absolute atomic E-state index is 11.5. The molecular formula is C12H13N3O2. The minimum absolute atomic E-state index is 0.146. The van der Waals surface area contributed by atoms with Gasteiger partial charge in [-0.3, -0.25) is 14.5 Å². The molecule has 0 saturated carbocycles. The SMILES string of the molecule is C/C(=N\N)c1ccc(N2C(=O)CCC2=O)cc1. The Hall–Kier alpha value is -2.17. The molecule has 88 valence electrons. The first kappa shape index (κ1) is 11.3. The van der Waals surface area contributed by atoms with Crippen molar-refractivity contribution in [3.63, 3.8) is 0 Å². The number of benzene rings is 1. The van der Waals surface area contributed by atoms with E-state index in [-0.39, 0.29) is 11.8 Å². The van der Waals surface area contributed by atoms with Crippen molar-refractivity contribution in [2.45, 2.75) is 19.8 Å². The van der Waals surface area contributed by atoms with Crippen LogP contribution >= 0.6 is 0 Å². The molecule has 0 spiro atoms. The molecule has 1 aliphatic rings. The molecule has 0 aliphatic carbocycles. The van der Waals surface area contributed by atoms with Crippen molar-refractivity contribution in [1.82, 2.24) is 0 Å². The first-order chi connectivity index (χ1) is 8.13. The lowest BCUT2D eigenvalue weighted by atomic mass is 10.1. The van der Waals surface area contributed by atoms with Crippen molar-refractivity contribution in [1.29, 1.82) is 0 Å². The van der Waals surface area contributed by atoms with Crippen LogP contribution in [0.2, 0.25) is 0 Å². The summed E-state index contributed by atoms with van der Waals surface area (Å²) >= 11 is 0. The fraction of sp³-hybridized carbons (Fsp3) is 0.250. The quantitative estimate of drug-likeness (QED) is 0.357. The zero-order valence-corrected chi connectivity index (χ0v) is 9.51. The third kappa shape index (κ3) is 2.04. The summed E-state index contributed by atoms with van der Waals surface area (Å²) in [5.41, 5.74) is 2.18. The maximum atomic E-state index is 11.5. The van der Waals surface area contributed by atoms with Crippen LogP contribution < -0.4 is 10.7 Å². The number of hydrogen-bond acceptors (Lipinski definition) is 4. The summed E-state index contributed by atoms with van der Waals surface area (Å²) in [7, 11) is 0. The molecule has 1 aromatic carbocycles. The molecule has 0 unspecified atom stereocenters. The summed E-state index contributed by atoms with van der Waals surface area (Å²) in [6.45, 7) is 1.79. The van der Waals surface area contributed by atoms with Crippen molar-refractivity contribution in [3.05, 3.63) is 29.8 Å². The second-order valence-electron chi connectivity index (χ2n) is 3.88. The Kier molecular flexibility index (Phi) is 2.91. The predicted molar refractivity (Wildman–Crippen MR) is 64.6 cm³/mol. The topological polar surface area (TPSA) is 75.8 Å². The van der Waals surface area contributed by atoms with Gasteiger partial charge in [0, 0.05) is 12.8 Å². The third-order valence-electron chi connectivity index (χ3n) is 2.79. The van der Waals surface area contributed by atoms with E-state index in [4.69, 9.17) is 5.84 Å². The van der Waals surface area contributed by atoms with Gasteiger partial charge in [0.1, 0.15) is 0 Å². The van der Waals surface area contributed by atoms with Gasteiger partial charge in [0.2, 0.25) is 11.8 Å². The van der Waals surface area contributed by atoms with E-state index in [2.05, 4.69) is 5.10 Å². The van der Waals surface area contributed by atoms with E-state index in [1.54, 1.807) is 31.2 Å². The molecule has 17 heavy (non-hydrogen) atoms. The maximum Gasteiger partial charge on any atom is 0.234 e. The number of carbonyl (C=O) groups is 2. The van der Waals surface area contributed by atoms with E-state index in [1.165, 1.54) is 4.90 Å². The van der Waals surface area contributed by atoms with Crippen molar-refractivity contribution in [3.8, 4) is 0 Å². The smallest absolute Gasteiger partial charge is 0.234 e. The molecule has 5 heteroatoms. The minimum Gasteiger partial charge on any atom is -0.323 e. The van der Waals surface area contributed by atoms with Crippen LogP contribution in [0.15, 0.2) is 29.4 Å². The van der Waals surface area contributed by atoms with Crippen LogP contribution in [0.4, 0.5) is 5.69 Å². The fourth-order valence-corrected chi connectivity index (χ4v) is 1.79. The normalized spacial score (nSPS) is 16.8. The third-order valence-corrected chi connectivity index (χ3v) is 2.79. The molecular weight excluding hydrogens is 218 g/mol. The summed E-state index contributed by atoms with van der Waals surface area (Å²) in [6, 6.07) is 7.04. The number of carbonyl (C=O) groups excluding carboxylic acids is 2. The molecule has 0 aromatic heterocycles. The van der Waals surface area contributed by atoms with Gasteiger partial charge in [-0.2, -0.15) is 5.10 Å². The van der Waals surface area contributed by atoms with Crippen LogP contribution in [0.5, 0.6) is 0 Å². The van der Waals surface area contributed by atoms with Gasteiger partial charge in [0.25, 0.3) is 0 Å². The van der Waals surface area contributed by atoms with E-state index in [0.717, 1.165) is 5.56 Å². The summed E-state index contributed by atoms with van der Waals surface area (Å²) < 4.78 is 0. The van der Waals surface area contributed by atoms with E-state index < -0.39 is 0 Å². The standard InChI is InChI=1S/C12H13N3O2/c1-8(14-13)9-2-4-10(5-3-9)15-11(16)6-7-12(15)17/h2-5H,6-7,13H2,1H3/b14-8+. The number of hydrogen-bond donors (Lipinski definition) is 1. The first-order valence-corrected chi connectivity index (χ1v) is 5.34. The molecule has 0 atom stereocenters. The van der Waals surface area contributed by atoms with Crippen molar-refractivity contribution >= 4 is 23.2 Å². The number of nitrogens with zero attached hydrogens (tertiary/aromatic N) is 2. The number of anilines is 1. The summed E-state index contributed by atoms with van der Waals surface area (Å²) in [5.74, 6) is 4.89. The van der Waals surface area contributed by atoms with Gasteiger partial charge >= 0.3 is 0 Å². The second kappa shape index (κ2) is 4.37. The second-order valence-corrected chi connectivity index (χ2v) is 3.88. The molecule has 0 bridgehead atoms. The molecule has 2 N–H and O–H groups in total. The zero-order valence-electron chi connectivity index (χ0n) is 9.51. The van der Waals surface area contributed by atoms with E-state index in [1.807, 2.05) is 0 Å². The molecule has 1 aliphatic heterocycles. The molecule has 1 saturated heterocycles. The Labute approximate surface area is 98.9 Å². The van der Waals surface area contributed by atoms with E-state index >= 15 is 0 Å². The van der Waals surface area contributed by atoms with Crippen LogP contribution in [0.3, 0.4) is 0 Å². The Morgan fingerprint density at radius 1 is 1.18 bits per heavy atom. The molecule has 1 heterocycles. The van der Waals surface area contributed by atoms with Crippen LogP contribution in [-0.4, -0.2) is 17.5 Å². The van der Waals surface area contributed by atoms with Crippen LogP contribution in [-0.2, 0) is 9.59 Å². The minimum atomic E-state index is -0.146. The number of hydrazone groups is 1. The van der Waals surface area contributed by atoms with Crippen LogP contribution in [0.25, 0.3) is 0 Å².